The Bertz CT molecular complexity index is 396. The molecule has 0 spiro atoms. The molecule has 4 heteroatoms. The molecule has 0 heterocycles. The smallest absolute Gasteiger partial charge is 0.251 e. The van der Waals surface area contributed by atoms with Crippen LogP contribution in [0.2, 0.25) is 0 Å². The molecule has 1 saturated carbocycles. The van der Waals surface area contributed by atoms with Crippen LogP contribution in [0.15, 0.2) is 24.3 Å². The summed E-state index contributed by atoms with van der Waals surface area (Å²) in [6, 6.07) is 7.71. The van der Waals surface area contributed by atoms with Crippen LogP contribution in [0.4, 0.5) is 0 Å². The Morgan fingerprint density at radius 3 is 2.88 bits per heavy atom. The zero-order chi connectivity index (χ0) is 11.5. The molecule has 2 unspecified atom stereocenters. The summed E-state index contributed by atoms with van der Waals surface area (Å²) in [5.41, 5.74) is 0.711. The first kappa shape index (κ1) is 12.2. The molecule has 0 bridgehead atoms. The lowest BCUT2D eigenvalue weighted by molar-refractivity contribution is 0.0938. The molecule has 1 aromatic rings. The molecule has 0 radical (unpaired) electrons. The van der Waals surface area contributed by atoms with Crippen LogP contribution in [-0.2, 0) is 0 Å². The van der Waals surface area contributed by atoms with Gasteiger partial charge in [0.05, 0.1) is 5.38 Å². The Hall–Kier alpha value is -0.290. The van der Waals surface area contributed by atoms with E-state index in [0.717, 1.165) is 22.8 Å². The Balaban J connectivity index is 2.03. The lowest BCUT2D eigenvalue weighted by atomic mass is 10.2. The summed E-state index contributed by atoms with van der Waals surface area (Å²) < 4.78 is 1.07. The van der Waals surface area contributed by atoms with Crippen LogP contribution in [0.1, 0.15) is 29.6 Å². The van der Waals surface area contributed by atoms with Crippen molar-refractivity contribution in [3.63, 3.8) is 0 Å². The number of benzene rings is 1. The highest BCUT2D eigenvalue weighted by Gasteiger charge is 2.26. The molecule has 2 nitrogen and oxygen atoms in total. The second-order valence-electron chi connectivity index (χ2n) is 4.04. The molecule has 1 aliphatic rings. The topological polar surface area (TPSA) is 29.1 Å². The molecule has 2 atom stereocenters. The van der Waals surface area contributed by atoms with Gasteiger partial charge in [-0.05, 0) is 60.1 Å². The van der Waals surface area contributed by atoms with E-state index < -0.39 is 0 Å². The largest absolute Gasteiger partial charge is 0.348 e. The molecular weight excluding hydrogens is 336 g/mol. The van der Waals surface area contributed by atoms with Crippen LogP contribution in [0.25, 0.3) is 0 Å². The highest BCUT2D eigenvalue weighted by Crippen LogP contribution is 2.24. The van der Waals surface area contributed by atoms with Crippen LogP contribution in [0.5, 0.6) is 0 Å². The van der Waals surface area contributed by atoms with E-state index >= 15 is 0 Å². The third kappa shape index (κ3) is 2.88. The molecule has 1 fully saturated rings. The lowest BCUT2D eigenvalue weighted by Crippen LogP contribution is -2.37. The summed E-state index contributed by atoms with van der Waals surface area (Å²) in [5.74, 6) is -0.0175. The van der Waals surface area contributed by atoms with Crippen LogP contribution in [0.3, 0.4) is 0 Å². The van der Waals surface area contributed by atoms with E-state index in [9.17, 15) is 4.79 Å². The van der Waals surface area contributed by atoms with Gasteiger partial charge in [0, 0.05) is 15.2 Å². The fourth-order valence-corrected chi connectivity index (χ4v) is 2.85. The quantitative estimate of drug-likeness (QED) is 0.645. The van der Waals surface area contributed by atoms with Crippen molar-refractivity contribution < 1.29 is 4.79 Å². The number of halogens is 2. The van der Waals surface area contributed by atoms with E-state index in [2.05, 4.69) is 27.9 Å². The molecule has 0 aliphatic heterocycles. The van der Waals surface area contributed by atoms with Crippen molar-refractivity contribution in [2.75, 3.05) is 0 Å². The molecule has 16 heavy (non-hydrogen) atoms. The predicted molar refractivity (Wildman–Crippen MR) is 73.9 cm³/mol. The first-order valence-electron chi connectivity index (χ1n) is 5.37. The Kier molecular flexibility index (Phi) is 4.08. The third-order valence-electron chi connectivity index (χ3n) is 2.83. The number of carbonyl (C=O) groups excluding carboxylic acids is 1. The first-order chi connectivity index (χ1) is 7.66. The summed E-state index contributed by atoms with van der Waals surface area (Å²) in [7, 11) is 0. The fourth-order valence-electron chi connectivity index (χ4n) is 1.96. The third-order valence-corrected chi connectivity index (χ3v) is 4.03. The number of hydrogen-bond acceptors (Lipinski definition) is 1. The average Bonchev–Trinajstić information content (AvgIpc) is 2.64. The number of amides is 1. The maximum Gasteiger partial charge on any atom is 0.251 e. The van der Waals surface area contributed by atoms with Gasteiger partial charge in [-0.1, -0.05) is 6.07 Å². The van der Waals surface area contributed by atoms with Gasteiger partial charge in [-0.3, -0.25) is 4.79 Å². The van der Waals surface area contributed by atoms with Crippen LogP contribution in [-0.4, -0.2) is 17.3 Å². The molecule has 1 aromatic carbocycles. The Labute approximate surface area is 114 Å². The zero-order valence-corrected chi connectivity index (χ0v) is 11.7. The number of carbonyl (C=O) groups is 1. The summed E-state index contributed by atoms with van der Waals surface area (Å²) in [5, 5.41) is 3.09. The van der Waals surface area contributed by atoms with Gasteiger partial charge in [0.25, 0.3) is 5.91 Å². The lowest BCUT2D eigenvalue weighted by Gasteiger charge is -2.15. The Morgan fingerprint density at radius 1 is 1.44 bits per heavy atom. The fraction of sp³-hybridized carbons (Fsp3) is 0.417. The molecule has 2 rings (SSSR count). The van der Waals surface area contributed by atoms with Crippen molar-refractivity contribution in [2.45, 2.75) is 30.7 Å². The minimum Gasteiger partial charge on any atom is -0.348 e. The summed E-state index contributed by atoms with van der Waals surface area (Å²) in [4.78, 5) is 11.9. The van der Waals surface area contributed by atoms with Gasteiger partial charge in [-0.2, -0.15) is 0 Å². The SMILES string of the molecule is O=C(NC1CCCC1Cl)c1cccc(I)c1. The highest BCUT2D eigenvalue weighted by atomic mass is 127. The summed E-state index contributed by atoms with van der Waals surface area (Å²) in [6.07, 6.45) is 3.09. The molecular formula is C12H13ClINO. The van der Waals surface area contributed by atoms with E-state index in [1.54, 1.807) is 0 Å². The number of rotatable bonds is 2. The predicted octanol–water partition coefficient (Wildman–Crippen LogP) is 3.18. The average molecular weight is 350 g/mol. The number of nitrogens with one attached hydrogen (secondary N) is 1. The summed E-state index contributed by atoms with van der Waals surface area (Å²) in [6.45, 7) is 0. The molecule has 1 amide bonds. The molecule has 1 aliphatic carbocycles. The van der Waals surface area contributed by atoms with Crippen molar-refractivity contribution in [2.24, 2.45) is 0 Å². The van der Waals surface area contributed by atoms with Crippen molar-refractivity contribution in [3.8, 4) is 0 Å². The van der Waals surface area contributed by atoms with Gasteiger partial charge in [0.15, 0.2) is 0 Å². The number of hydrogen-bond donors (Lipinski definition) is 1. The van der Waals surface area contributed by atoms with E-state index in [0.29, 0.717) is 5.56 Å². The monoisotopic (exact) mass is 349 g/mol. The summed E-state index contributed by atoms with van der Waals surface area (Å²) >= 11 is 8.33. The van der Waals surface area contributed by atoms with Gasteiger partial charge in [-0.15, -0.1) is 11.6 Å². The molecule has 86 valence electrons. The highest BCUT2D eigenvalue weighted by molar-refractivity contribution is 14.1. The molecule has 1 N–H and O–H groups in total. The second-order valence-corrected chi connectivity index (χ2v) is 5.84. The minimum absolute atomic E-state index is 0.0175. The van der Waals surface area contributed by atoms with Crippen molar-refractivity contribution in [1.82, 2.24) is 5.32 Å². The Morgan fingerprint density at radius 2 is 2.25 bits per heavy atom. The van der Waals surface area contributed by atoms with Gasteiger partial charge < -0.3 is 5.32 Å². The van der Waals surface area contributed by atoms with E-state index in [1.807, 2.05) is 24.3 Å². The van der Waals surface area contributed by atoms with E-state index in [4.69, 9.17) is 11.6 Å². The normalized spacial score (nSPS) is 24.4. The van der Waals surface area contributed by atoms with Crippen LogP contribution >= 0.6 is 34.2 Å². The van der Waals surface area contributed by atoms with E-state index in [1.165, 1.54) is 0 Å². The molecule has 0 saturated heterocycles. The minimum atomic E-state index is -0.0175. The zero-order valence-electron chi connectivity index (χ0n) is 8.75. The van der Waals surface area contributed by atoms with Gasteiger partial charge >= 0.3 is 0 Å². The van der Waals surface area contributed by atoms with Crippen molar-refractivity contribution >= 4 is 40.1 Å². The molecule has 0 aromatic heterocycles. The van der Waals surface area contributed by atoms with Crippen molar-refractivity contribution in [1.29, 1.82) is 0 Å². The number of alkyl halides is 1. The van der Waals surface area contributed by atoms with Gasteiger partial charge in [-0.25, -0.2) is 0 Å². The van der Waals surface area contributed by atoms with Crippen LogP contribution in [0, 0.1) is 3.57 Å². The van der Waals surface area contributed by atoms with E-state index in [-0.39, 0.29) is 17.3 Å². The maximum atomic E-state index is 11.9. The second kappa shape index (κ2) is 5.36. The van der Waals surface area contributed by atoms with Crippen molar-refractivity contribution in [3.05, 3.63) is 33.4 Å². The van der Waals surface area contributed by atoms with Crippen LogP contribution < -0.4 is 5.32 Å². The van der Waals surface area contributed by atoms with Gasteiger partial charge in [0.2, 0.25) is 0 Å². The van der Waals surface area contributed by atoms with Gasteiger partial charge in [0.1, 0.15) is 0 Å². The maximum absolute atomic E-state index is 11.9. The standard InChI is InChI=1S/C12H13ClINO/c13-10-5-2-6-11(10)15-12(16)8-3-1-4-9(14)7-8/h1,3-4,7,10-11H,2,5-6H2,(H,15,16). The first-order valence-corrected chi connectivity index (χ1v) is 6.89.